The van der Waals surface area contributed by atoms with Gasteiger partial charge in [-0.05, 0) is 57.4 Å². The standard InChI is InChI=1S/C30H37FN4O6/c1-30(2,3)41-29(39)35-12-11-21(14-25(35)28(38)33-15-20(31)17-36)34-22-13-23-24(32-16-22)9-10-26(27(23)37)40-18-19-7-5-4-6-8-19/h4-10,13,16,20-21,25,34,36-37H,11-12,14-15,17-18H2,1-3H3,(H,33,38)/t20?,21-,25-/m0/s1. The summed E-state index contributed by atoms with van der Waals surface area (Å²) in [7, 11) is 0. The average molecular weight is 569 g/mol. The maximum absolute atomic E-state index is 13.6. The van der Waals surface area contributed by atoms with Gasteiger partial charge in [0.1, 0.15) is 24.4 Å². The van der Waals surface area contributed by atoms with Crippen molar-refractivity contribution in [2.45, 2.75) is 64.1 Å². The minimum absolute atomic E-state index is 0.0313. The number of pyridine rings is 1. The van der Waals surface area contributed by atoms with E-state index in [1.807, 2.05) is 30.3 Å². The first-order chi connectivity index (χ1) is 19.5. The molecule has 0 saturated carbocycles. The summed E-state index contributed by atoms with van der Waals surface area (Å²) in [6.45, 7) is 4.66. The van der Waals surface area contributed by atoms with Crippen molar-refractivity contribution < 1.29 is 33.7 Å². The van der Waals surface area contributed by atoms with Crippen LogP contribution in [0, 0.1) is 0 Å². The zero-order valence-corrected chi connectivity index (χ0v) is 23.5. The smallest absolute Gasteiger partial charge is 0.410 e. The number of nitrogens with one attached hydrogen (secondary N) is 2. The lowest BCUT2D eigenvalue weighted by Crippen LogP contribution is -2.57. The minimum Gasteiger partial charge on any atom is -0.504 e. The number of ether oxygens (including phenoxy) is 2. The number of phenols is 1. The van der Waals surface area contributed by atoms with Crippen LogP contribution < -0.4 is 15.4 Å². The van der Waals surface area contributed by atoms with E-state index in [2.05, 4.69) is 15.6 Å². The first-order valence-corrected chi connectivity index (χ1v) is 13.6. The van der Waals surface area contributed by atoms with Crippen LogP contribution in [0.25, 0.3) is 10.9 Å². The number of aliphatic hydroxyl groups excluding tert-OH is 1. The van der Waals surface area contributed by atoms with Crippen LogP contribution in [-0.2, 0) is 16.1 Å². The number of carbonyl (C=O) groups excluding carboxylic acids is 2. The zero-order chi connectivity index (χ0) is 29.6. The van der Waals surface area contributed by atoms with Gasteiger partial charge in [0.25, 0.3) is 0 Å². The van der Waals surface area contributed by atoms with E-state index in [0.29, 0.717) is 35.4 Å². The Balaban J connectivity index is 1.49. The number of aliphatic hydroxyl groups is 1. The van der Waals surface area contributed by atoms with Crippen molar-refractivity contribution in [3.05, 3.63) is 60.3 Å². The number of anilines is 1. The molecule has 3 aromatic rings. The molecule has 41 heavy (non-hydrogen) atoms. The van der Waals surface area contributed by atoms with E-state index >= 15 is 0 Å². The van der Waals surface area contributed by atoms with Crippen LogP contribution in [0.15, 0.2) is 54.7 Å². The van der Waals surface area contributed by atoms with Crippen molar-refractivity contribution >= 4 is 28.6 Å². The number of piperidine rings is 1. The maximum atomic E-state index is 13.6. The Hall–Kier alpha value is -4.12. The molecule has 2 aromatic carbocycles. The number of halogens is 1. The number of rotatable bonds is 9. The largest absolute Gasteiger partial charge is 0.504 e. The van der Waals surface area contributed by atoms with Crippen LogP contribution in [0.4, 0.5) is 14.9 Å². The van der Waals surface area contributed by atoms with Crippen LogP contribution >= 0.6 is 0 Å². The Morgan fingerprint density at radius 2 is 1.95 bits per heavy atom. The molecule has 1 saturated heterocycles. The maximum Gasteiger partial charge on any atom is 0.410 e. The second-order valence-electron chi connectivity index (χ2n) is 11.1. The molecule has 0 aliphatic carbocycles. The van der Waals surface area contributed by atoms with Crippen molar-refractivity contribution in [2.75, 3.05) is 25.0 Å². The minimum atomic E-state index is -1.61. The number of amides is 2. The average Bonchev–Trinajstić information content (AvgIpc) is 2.95. The molecule has 1 aliphatic rings. The first-order valence-electron chi connectivity index (χ1n) is 13.6. The van der Waals surface area contributed by atoms with Gasteiger partial charge in [-0.15, -0.1) is 0 Å². The number of phenolic OH excluding ortho intramolecular Hbond substituents is 1. The molecule has 0 radical (unpaired) electrons. The summed E-state index contributed by atoms with van der Waals surface area (Å²) in [5, 5.41) is 26.3. The molecule has 11 heteroatoms. The van der Waals surface area contributed by atoms with Gasteiger partial charge in [0, 0.05) is 18.0 Å². The van der Waals surface area contributed by atoms with Gasteiger partial charge in [0.15, 0.2) is 11.5 Å². The highest BCUT2D eigenvalue weighted by Gasteiger charge is 2.38. The van der Waals surface area contributed by atoms with E-state index in [-0.39, 0.29) is 31.3 Å². The van der Waals surface area contributed by atoms with Crippen LogP contribution in [0.1, 0.15) is 39.2 Å². The molecule has 1 fully saturated rings. The Labute approximate surface area is 238 Å². The Bertz CT molecular complexity index is 1350. The van der Waals surface area contributed by atoms with E-state index in [9.17, 15) is 19.1 Å². The fraction of sp³-hybridized carbons (Fsp3) is 0.433. The van der Waals surface area contributed by atoms with Crippen molar-refractivity contribution in [3.63, 3.8) is 0 Å². The number of fused-ring (bicyclic) bond motifs is 1. The number of aromatic nitrogens is 1. The molecule has 2 amide bonds. The van der Waals surface area contributed by atoms with E-state index in [1.54, 1.807) is 45.2 Å². The molecule has 1 unspecified atom stereocenters. The third-order valence-electron chi connectivity index (χ3n) is 6.64. The van der Waals surface area contributed by atoms with Crippen LogP contribution in [0.3, 0.4) is 0 Å². The molecule has 4 rings (SSSR count). The molecule has 0 spiro atoms. The number of benzene rings is 2. The lowest BCUT2D eigenvalue weighted by atomic mass is 9.96. The zero-order valence-electron chi connectivity index (χ0n) is 23.5. The molecule has 220 valence electrons. The molecular weight excluding hydrogens is 531 g/mol. The fourth-order valence-electron chi connectivity index (χ4n) is 4.61. The summed E-state index contributed by atoms with van der Waals surface area (Å²) >= 11 is 0. The number of nitrogens with zero attached hydrogens (tertiary/aromatic N) is 2. The fourth-order valence-corrected chi connectivity index (χ4v) is 4.61. The summed E-state index contributed by atoms with van der Waals surface area (Å²) in [6, 6.07) is 13.7. The molecular formula is C30H37FN4O6. The van der Waals surface area contributed by atoms with Gasteiger partial charge in [-0.1, -0.05) is 30.3 Å². The van der Waals surface area contributed by atoms with E-state index < -0.39 is 36.4 Å². The van der Waals surface area contributed by atoms with Gasteiger partial charge in [0.05, 0.1) is 30.6 Å². The second-order valence-corrected chi connectivity index (χ2v) is 11.1. The summed E-state index contributed by atoms with van der Waals surface area (Å²) in [5.41, 5.74) is 1.42. The van der Waals surface area contributed by atoms with Crippen molar-refractivity contribution in [1.29, 1.82) is 0 Å². The van der Waals surface area contributed by atoms with Gasteiger partial charge in [-0.2, -0.15) is 0 Å². The molecule has 3 atom stereocenters. The highest BCUT2D eigenvalue weighted by Crippen LogP contribution is 2.36. The predicted octanol–water partition coefficient (Wildman–Crippen LogP) is 4.15. The van der Waals surface area contributed by atoms with Crippen molar-refractivity contribution in [1.82, 2.24) is 15.2 Å². The monoisotopic (exact) mass is 568 g/mol. The first kappa shape index (κ1) is 29.9. The highest BCUT2D eigenvalue weighted by atomic mass is 19.1. The number of aromatic hydroxyl groups is 1. The Kier molecular flexibility index (Phi) is 9.49. The second kappa shape index (κ2) is 13.0. The van der Waals surface area contributed by atoms with E-state index in [1.165, 1.54) is 4.90 Å². The van der Waals surface area contributed by atoms with Crippen molar-refractivity contribution in [2.24, 2.45) is 0 Å². The molecule has 0 bridgehead atoms. The SMILES string of the molecule is CC(C)(C)OC(=O)N1CC[C@H](Nc2cnc3ccc(OCc4ccccc4)c(O)c3c2)C[C@H]1C(=O)NCC(F)CO. The van der Waals surface area contributed by atoms with E-state index in [0.717, 1.165) is 5.56 Å². The predicted molar refractivity (Wildman–Crippen MR) is 153 cm³/mol. The molecule has 10 nitrogen and oxygen atoms in total. The summed E-state index contributed by atoms with van der Waals surface area (Å²) in [4.78, 5) is 31.7. The van der Waals surface area contributed by atoms with Gasteiger partial charge in [0.2, 0.25) is 5.91 Å². The number of carbonyl (C=O) groups is 2. The summed E-state index contributed by atoms with van der Waals surface area (Å²) in [5.74, 6) is -0.235. The number of hydrogen-bond acceptors (Lipinski definition) is 8. The van der Waals surface area contributed by atoms with Gasteiger partial charge >= 0.3 is 6.09 Å². The van der Waals surface area contributed by atoms with Crippen LogP contribution in [0.2, 0.25) is 0 Å². The highest BCUT2D eigenvalue weighted by molar-refractivity contribution is 5.90. The Morgan fingerprint density at radius 1 is 1.20 bits per heavy atom. The molecule has 4 N–H and O–H groups in total. The molecule has 1 aromatic heterocycles. The molecule has 2 heterocycles. The quantitative estimate of drug-likeness (QED) is 0.303. The van der Waals surface area contributed by atoms with Crippen molar-refractivity contribution in [3.8, 4) is 11.5 Å². The summed E-state index contributed by atoms with van der Waals surface area (Å²) in [6.07, 6.45) is 0.136. The molecule has 1 aliphatic heterocycles. The van der Waals surface area contributed by atoms with E-state index in [4.69, 9.17) is 14.6 Å². The third kappa shape index (κ3) is 7.97. The van der Waals surface area contributed by atoms with Crippen LogP contribution in [-0.4, -0.2) is 75.7 Å². The number of hydrogen-bond donors (Lipinski definition) is 4. The summed E-state index contributed by atoms with van der Waals surface area (Å²) < 4.78 is 25.0. The number of alkyl halides is 1. The lowest BCUT2D eigenvalue weighted by Gasteiger charge is -2.39. The topological polar surface area (TPSA) is 133 Å². The number of likely N-dealkylation sites (tertiary alicyclic amines) is 1. The van der Waals surface area contributed by atoms with Gasteiger partial charge in [-0.25, -0.2) is 9.18 Å². The lowest BCUT2D eigenvalue weighted by molar-refractivity contribution is -0.128. The Morgan fingerprint density at radius 3 is 2.66 bits per heavy atom. The van der Waals surface area contributed by atoms with Gasteiger partial charge in [-0.3, -0.25) is 14.7 Å². The van der Waals surface area contributed by atoms with Crippen LogP contribution in [0.5, 0.6) is 11.5 Å². The third-order valence-corrected chi connectivity index (χ3v) is 6.64. The normalized spacial score (nSPS) is 18.0. The van der Waals surface area contributed by atoms with Gasteiger partial charge < -0.3 is 30.3 Å².